The van der Waals surface area contributed by atoms with Crippen LogP contribution in [0.4, 0.5) is 10.6 Å². The molecule has 3 heterocycles. The second-order valence-corrected chi connectivity index (χ2v) is 6.44. The van der Waals surface area contributed by atoms with Crippen LogP contribution in [0.25, 0.3) is 0 Å². The Morgan fingerprint density at radius 3 is 3.08 bits per heavy atom. The smallest absolute Gasteiger partial charge is 0.323 e. The molecule has 0 bridgehead atoms. The Bertz CT molecular complexity index is 709. The van der Waals surface area contributed by atoms with E-state index in [0.717, 1.165) is 36.6 Å². The third kappa shape index (κ3) is 3.71. The van der Waals surface area contributed by atoms with E-state index in [4.69, 9.17) is 9.15 Å². The molecule has 25 heavy (non-hydrogen) atoms. The lowest BCUT2D eigenvalue weighted by Gasteiger charge is -2.24. The van der Waals surface area contributed by atoms with Gasteiger partial charge in [0.2, 0.25) is 0 Å². The number of hydrogen-bond donors (Lipinski definition) is 1. The minimum absolute atomic E-state index is 0.0365. The Hall–Kier alpha value is -2.28. The molecule has 2 atom stereocenters. The molecule has 2 aromatic heterocycles. The van der Waals surface area contributed by atoms with Gasteiger partial charge < -0.3 is 14.1 Å². The lowest BCUT2D eigenvalue weighted by molar-refractivity contribution is 0.157. The summed E-state index contributed by atoms with van der Waals surface area (Å²) in [5.74, 6) is 2.32. The van der Waals surface area contributed by atoms with Crippen molar-refractivity contribution >= 4 is 11.8 Å². The van der Waals surface area contributed by atoms with Crippen molar-refractivity contribution in [3.63, 3.8) is 0 Å². The summed E-state index contributed by atoms with van der Waals surface area (Å²) >= 11 is 0. The van der Waals surface area contributed by atoms with E-state index >= 15 is 0 Å². The van der Waals surface area contributed by atoms with Crippen LogP contribution in [-0.2, 0) is 11.3 Å². The fourth-order valence-electron chi connectivity index (χ4n) is 3.22. The summed E-state index contributed by atoms with van der Waals surface area (Å²) in [4.78, 5) is 14.6. The number of anilines is 1. The number of aromatic nitrogens is 2. The molecule has 1 aliphatic heterocycles. The predicted octanol–water partition coefficient (Wildman–Crippen LogP) is 3.96. The number of amides is 2. The number of likely N-dealkylation sites (tertiary alicyclic amines) is 1. The molecule has 0 saturated carbocycles. The van der Waals surface area contributed by atoms with E-state index in [2.05, 4.69) is 24.3 Å². The summed E-state index contributed by atoms with van der Waals surface area (Å²) in [6, 6.07) is 5.77. The van der Waals surface area contributed by atoms with E-state index < -0.39 is 0 Å². The maximum absolute atomic E-state index is 12.8. The van der Waals surface area contributed by atoms with Crippen molar-refractivity contribution in [2.24, 2.45) is 0 Å². The first-order valence-electron chi connectivity index (χ1n) is 8.82. The Kier molecular flexibility index (Phi) is 5.43. The Balaban J connectivity index is 1.71. The molecular formula is C18H26N4O3. The second-order valence-electron chi connectivity index (χ2n) is 6.44. The Labute approximate surface area is 147 Å². The normalized spacial score (nSPS) is 18.5. The maximum Gasteiger partial charge on any atom is 0.323 e. The maximum atomic E-state index is 12.8. The first-order chi connectivity index (χ1) is 12.1. The van der Waals surface area contributed by atoms with E-state index in [1.807, 2.05) is 27.8 Å². The van der Waals surface area contributed by atoms with Gasteiger partial charge in [0.25, 0.3) is 0 Å². The lowest BCUT2D eigenvalue weighted by atomic mass is 10.2. The molecule has 7 heteroatoms. The third-order valence-electron chi connectivity index (χ3n) is 4.72. The van der Waals surface area contributed by atoms with E-state index in [-0.39, 0.29) is 18.1 Å². The largest absolute Gasteiger partial charge is 0.461 e. The summed E-state index contributed by atoms with van der Waals surface area (Å²) in [6.45, 7) is 5.34. The third-order valence-corrected chi connectivity index (χ3v) is 4.72. The first kappa shape index (κ1) is 17.5. The van der Waals surface area contributed by atoms with Crippen LogP contribution in [0.1, 0.15) is 56.7 Å². The quantitative estimate of drug-likeness (QED) is 0.859. The van der Waals surface area contributed by atoms with Crippen molar-refractivity contribution in [2.45, 2.75) is 51.8 Å². The number of carbonyl (C=O) groups excluding carboxylic acids is 1. The molecule has 0 unspecified atom stereocenters. The van der Waals surface area contributed by atoms with Crippen molar-refractivity contribution in [1.29, 1.82) is 0 Å². The van der Waals surface area contributed by atoms with Crippen molar-refractivity contribution in [2.75, 3.05) is 19.0 Å². The number of furan rings is 1. The minimum atomic E-state index is -0.114. The molecule has 136 valence electrons. The highest BCUT2D eigenvalue weighted by Gasteiger charge is 2.32. The van der Waals surface area contributed by atoms with E-state index in [1.54, 1.807) is 13.3 Å². The highest BCUT2D eigenvalue weighted by atomic mass is 16.5. The number of nitrogens with zero attached hydrogens (tertiary/aromatic N) is 3. The number of methoxy groups -OCH3 is 1. The molecule has 2 amide bonds. The van der Waals surface area contributed by atoms with Crippen LogP contribution in [0.2, 0.25) is 0 Å². The average molecular weight is 346 g/mol. The van der Waals surface area contributed by atoms with Gasteiger partial charge in [0, 0.05) is 19.7 Å². The minimum Gasteiger partial charge on any atom is -0.461 e. The van der Waals surface area contributed by atoms with Crippen molar-refractivity contribution in [1.82, 2.24) is 14.7 Å². The second kappa shape index (κ2) is 7.74. The SMILES string of the molecule is CC[C@@H](C)n1nccc1NC(=O)N1CCC[C@H]1c1ccc(COC)o1. The van der Waals surface area contributed by atoms with Gasteiger partial charge in [-0.15, -0.1) is 0 Å². The molecule has 3 rings (SSSR count). The van der Waals surface area contributed by atoms with E-state index in [0.29, 0.717) is 13.2 Å². The van der Waals surface area contributed by atoms with Gasteiger partial charge in [0.15, 0.2) is 0 Å². The molecule has 1 saturated heterocycles. The van der Waals surface area contributed by atoms with Gasteiger partial charge in [-0.25, -0.2) is 9.48 Å². The van der Waals surface area contributed by atoms with Crippen molar-refractivity contribution < 1.29 is 13.9 Å². The van der Waals surface area contributed by atoms with E-state index in [9.17, 15) is 4.79 Å². The highest BCUT2D eigenvalue weighted by molar-refractivity contribution is 5.88. The number of rotatable bonds is 6. The summed E-state index contributed by atoms with van der Waals surface area (Å²) in [7, 11) is 1.64. The van der Waals surface area contributed by atoms with Gasteiger partial charge in [-0.3, -0.25) is 5.32 Å². The van der Waals surface area contributed by atoms with Crippen LogP contribution in [0, 0.1) is 0 Å². The van der Waals surface area contributed by atoms with Crippen LogP contribution in [0.5, 0.6) is 0 Å². The van der Waals surface area contributed by atoms with Gasteiger partial charge >= 0.3 is 6.03 Å². The molecular weight excluding hydrogens is 320 g/mol. The van der Waals surface area contributed by atoms with Gasteiger partial charge in [-0.1, -0.05) is 6.92 Å². The average Bonchev–Trinajstić information content (AvgIpc) is 3.34. The zero-order valence-corrected chi connectivity index (χ0v) is 15.1. The zero-order chi connectivity index (χ0) is 17.8. The molecule has 1 N–H and O–H groups in total. The molecule has 0 spiro atoms. The Morgan fingerprint density at radius 1 is 1.48 bits per heavy atom. The Morgan fingerprint density at radius 2 is 2.32 bits per heavy atom. The van der Waals surface area contributed by atoms with Gasteiger partial charge in [0.1, 0.15) is 23.9 Å². The summed E-state index contributed by atoms with van der Waals surface area (Å²) in [6.07, 6.45) is 4.53. The van der Waals surface area contributed by atoms with Gasteiger partial charge in [-0.2, -0.15) is 5.10 Å². The number of urea groups is 1. The van der Waals surface area contributed by atoms with Crippen LogP contribution >= 0.6 is 0 Å². The lowest BCUT2D eigenvalue weighted by Crippen LogP contribution is -2.35. The van der Waals surface area contributed by atoms with Crippen LogP contribution in [0.3, 0.4) is 0 Å². The van der Waals surface area contributed by atoms with Gasteiger partial charge in [0.05, 0.1) is 18.3 Å². The summed E-state index contributed by atoms with van der Waals surface area (Å²) < 4.78 is 12.8. The molecule has 0 radical (unpaired) electrons. The molecule has 7 nitrogen and oxygen atoms in total. The van der Waals surface area contributed by atoms with E-state index in [1.165, 1.54) is 0 Å². The van der Waals surface area contributed by atoms with Crippen LogP contribution < -0.4 is 5.32 Å². The summed E-state index contributed by atoms with van der Waals surface area (Å²) in [5, 5.41) is 7.32. The first-order valence-corrected chi connectivity index (χ1v) is 8.82. The number of ether oxygens (including phenoxy) is 1. The number of hydrogen-bond acceptors (Lipinski definition) is 4. The molecule has 1 aliphatic rings. The van der Waals surface area contributed by atoms with Crippen molar-refractivity contribution in [3.05, 3.63) is 35.9 Å². The summed E-state index contributed by atoms with van der Waals surface area (Å²) in [5.41, 5.74) is 0. The van der Waals surface area contributed by atoms with Crippen molar-refractivity contribution in [3.8, 4) is 0 Å². The highest BCUT2D eigenvalue weighted by Crippen LogP contribution is 2.33. The van der Waals surface area contributed by atoms with Crippen LogP contribution in [-0.4, -0.2) is 34.4 Å². The number of nitrogens with one attached hydrogen (secondary N) is 1. The molecule has 1 fully saturated rings. The molecule has 0 aliphatic carbocycles. The molecule has 2 aromatic rings. The fraction of sp³-hybridized carbons (Fsp3) is 0.556. The fourth-order valence-corrected chi connectivity index (χ4v) is 3.22. The monoisotopic (exact) mass is 346 g/mol. The topological polar surface area (TPSA) is 72.5 Å². The number of carbonyl (C=O) groups is 1. The predicted molar refractivity (Wildman–Crippen MR) is 94.3 cm³/mol. The zero-order valence-electron chi connectivity index (χ0n) is 15.1. The standard InChI is InChI=1S/C18H26N4O3/c1-4-13(2)22-17(9-10-19-22)20-18(23)21-11-5-6-15(21)16-8-7-14(25-16)12-24-3/h7-10,13,15H,4-6,11-12H2,1-3H3,(H,20,23)/t13-,15+/m1/s1. The van der Waals surface area contributed by atoms with Gasteiger partial charge in [-0.05, 0) is 38.3 Å². The van der Waals surface area contributed by atoms with Crippen LogP contribution in [0.15, 0.2) is 28.8 Å². The molecule has 0 aromatic carbocycles.